The molecule has 0 amide bonds. The maximum absolute atomic E-state index is 12.8. The zero-order valence-corrected chi connectivity index (χ0v) is 38.8. The summed E-state index contributed by atoms with van der Waals surface area (Å²) in [5.41, 5.74) is 0. The maximum Gasteiger partial charge on any atom is 0.306 e. The highest BCUT2D eigenvalue weighted by atomic mass is 16.6. The fraction of sp³-hybridized carbons (Fsp3) is 0.865. The van der Waals surface area contributed by atoms with Gasteiger partial charge in [-0.25, -0.2) is 0 Å². The molecular formula is C52H96O6. The van der Waals surface area contributed by atoms with Crippen LogP contribution in [-0.2, 0) is 28.6 Å². The van der Waals surface area contributed by atoms with Gasteiger partial charge in [-0.15, -0.1) is 0 Å². The third-order valence-electron chi connectivity index (χ3n) is 11.2. The van der Waals surface area contributed by atoms with Gasteiger partial charge in [-0.2, -0.15) is 0 Å². The van der Waals surface area contributed by atoms with Gasteiger partial charge < -0.3 is 14.2 Å². The molecule has 58 heavy (non-hydrogen) atoms. The highest BCUT2D eigenvalue weighted by molar-refractivity contribution is 5.71. The van der Waals surface area contributed by atoms with Gasteiger partial charge >= 0.3 is 17.9 Å². The molecule has 1 unspecified atom stereocenters. The molecule has 0 bridgehead atoms. The number of unbranched alkanes of at least 4 members (excludes halogenated alkanes) is 31. The molecule has 0 saturated heterocycles. The second kappa shape index (κ2) is 47.6. The van der Waals surface area contributed by atoms with Crippen molar-refractivity contribution in [2.75, 3.05) is 13.2 Å². The van der Waals surface area contributed by atoms with Gasteiger partial charge in [0.2, 0.25) is 0 Å². The molecule has 0 saturated carbocycles. The van der Waals surface area contributed by atoms with Crippen LogP contribution >= 0.6 is 0 Å². The lowest BCUT2D eigenvalue weighted by molar-refractivity contribution is -0.167. The van der Waals surface area contributed by atoms with Crippen LogP contribution in [0.4, 0.5) is 0 Å². The molecule has 0 heterocycles. The Bertz CT molecular complexity index is 942. The van der Waals surface area contributed by atoms with Crippen LogP contribution in [0, 0.1) is 0 Å². The first-order valence-corrected chi connectivity index (χ1v) is 25.3. The van der Waals surface area contributed by atoms with E-state index in [4.69, 9.17) is 14.2 Å². The van der Waals surface area contributed by atoms with Crippen molar-refractivity contribution in [1.82, 2.24) is 0 Å². The monoisotopic (exact) mass is 817 g/mol. The van der Waals surface area contributed by atoms with E-state index < -0.39 is 6.10 Å². The van der Waals surface area contributed by atoms with Gasteiger partial charge in [-0.3, -0.25) is 14.4 Å². The standard InChI is InChI=1S/C52H96O6/c1-4-7-10-13-16-19-21-23-25-27-28-30-33-36-39-42-45-51(54)57-48-49(47-56-50(53)44-41-38-35-32-18-15-12-9-6-3)58-52(55)46-43-40-37-34-31-29-26-24-22-20-17-14-11-8-5-2/h9,12,18,32,49H,4-8,10-11,13-17,19-31,33-48H2,1-3H3/b12-9-,32-18-. The van der Waals surface area contributed by atoms with Crippen molar-refractivity contribution >= 4 is 17.9 Å². The third-order valence-corrected chi connectivity index (χ3v) is 11.2. The van der Waals surface area contributed by atoms with Crippen molar-refractivity contribution in [3.05, 3.63) is 24.3 Å². The molecule has 6 nitrogen and oxygen atoms in total. The summed E-state index contributed by atoms with van der Waals surface area (Å²) in [5.74, 6) is -0.902. The van der Waals surface area contributed by atoms with Crippen molar-refractivity contribution in [1.29, 1.82) is 0 Å². The smallest absolute Gasteiger partial charge is 0.306 e. The molecule has 340 valence electrons. The summed E-state index contributed by atoms with van der Waals surface area (Å²) in [6.07, 6.45) is 53.2. The Morgan fingerprint density at radius 3 is 1.03 bits per heavy atom. The fourth-order valence-corrected chi connectivity index (χ4v) is 7.42. The average molecular weight is 817 g/mol. The van der Waals surface area contributed by atoms with E-state index in [0.717, 1.165) is 70.6 Å². The van der Waals surface area contributed by atoms with Crippen LogP contribution in [0.1, 0.15) is 271 Å². The van der Waals surface area contributed by atoms with Crippen molar-refractivity contribution in [2.24, 2.45) is 0 Å². The van der Waals surface area contributed by atoms with Crippen LogP contribution in [0.25, 0.3) is 0 Å². The summed E-state index contributed by atoms with van der Waals surface area (Å²) in [6.45, 7) is 6.51. The van der Waals surface area contributed by atoms with Crippen molar-refractivity contribution in [2.45, 2.75) is 277 Å². The number of allylic oxidation sites excluding steroid dienone is 4. The Kier molecular flexibility index (Phi) is 45.8. The Labute approximate surface area is 360 Å². The molecule has 0 aromatic rings. The maximum atomic E-state index is 12.8. The van der Waals surface area contributed by atoms with E-state index in [1.165, 1.54) is 161 Å². The SMILES string of the molecule is CC/C=C\C/C=C\CCCCC(=O)OCC(COC(=O)CCCCCCCCCCCCCCCCCC)OC(=O)CCCCCCCCCCCCCCCCC. The van der Waals surface area contributed by atoms with E-state index in [0.29, 0.717) is 19.3 Å². The summed E-state index contributed by atoms with van der Waals surface area (Å²) in [4.78, 5) is 37.8. The molecule has 1 atom stereocenters. The van der Waals surface area contributed by atoms with Crippen LogP contribution in [0.3, 0.4) is 0 Å². The van der Waals surface area contributed by atoms with E-state index in [2.05, 4.69) is 45.1 Å². The first-order chi connectivity index (χ1) is 28.5. The van der Waals surface area contributed by atoms with Crippen molar-refractivity contribution in [3.63, 3.8) is 0 Å². The summed E-state index contributed by atoms with van der Waals surface area (Å²) < 4.78 is 16.7. The summed E-state index contributed by atoms with van der Waals surface area (Å²) in [6, 6.07) is 0. The van der Waals surface area contributed by atoms with Gasteiger partial charge in [0.1, 0.15) is 13.2 Å². The number of ether oxygens (including phenoxy) is 3. The van der Waals surface area contributed by atoms with Crippen molar-refractivity contribution < 1.29 is 28.6 Å². The van der Waals surface area contributed by atoms with Gasteiger partial charge in [0, 0.05) is 19.3 Å². The lowest BCUT2D eigenvalue weighted by Crippen LogP contribution is -2.30. The molecular weight excluding hydrogens is 721 g/mol. The number of hydrogen-bond acceptors (Lipinski definition) is 6. The van der Waals surface area contributed by atoms with Crippen LogP contribution in [0.2, 0.25) is 0 Å². The molecule has 0 spiro atoms. The third kappa shape index (κ3) is 45.0. The average Bonchev–Trinajstić information content (AvgIpc) is 3.22. The Hall–Kier alpha value is -2.11. The highest BCUT2D eigenvalue weighted by Gasteiger charge is 2.19. The van der Waals surface area contributed by atoms with Crippen LogP contribution in [0.15, 0.2) is 24.3 Å². The molecule has 0 aromatic heterocycles. The minimum absolute atomic E-state index is 0.0765. The summed E-state index contributed by atoms with van der Waals surface area (Å²) >= 11 is 0. The van der Waals surface area contributed by atoms with Gasteiger partial charge in [0.15, 0.2) is 6.10 Å². The largest absolute Gasteiger partial charge is 0.462 e. The van der Waals surface area contributed by atoms with Gasteiger partial charge in [-0.05, 0) is 44.9 Å². The molecule has 0 aliphatic rings. The van der Waals surface area contributed by atoms with E-state index in [1.807, 2.05) is 0 Å². The summed E-state index contributed by atoms with van der Waals surface area (Å²) in [7, 11) is 0. The van der Waals surface area contributed by atoms with E-state index >= 15 is 0 Å². The molecule has 0 fully saturated rings. The highest BCUT2D eigenvalue weighted by Crippen LogP contribution is 2.16. The number of esters is 3. The van der Waals surface area contributed by atoms with E-state index in [-0.39, 0.29) is 31.1 Å². The molecule has 0 rings (SSSR count). The van der Waals surface area contributed by atoms with E-state index in [1.54, 1.807) is 0 Å². The first-order valence-electron chi connectivity index (χ1n) is 25.3. The summed E-state index contributed by atoms with van der Waals surface area (Å²) in [5, 5.41) is 0. The van der Waals surface area contributed by atoms with Gasteiger partial charge in [0.05, 0.1) is 0 Å². The topological polar surface area (TPSA) is 78.9 Å². The molecule has 0 radical (unpaired) electrons. The van der Waals surface area contributed by atoms with Gasteiger partial charge in [0.25, 0.3) is 0 Å². The number of carbonyl (C=O) groups is 3. The zero-order chi connectivity index (χ0) is 42.3. The van der Waals surface area contributed by atoms with Crippen molar-refractivity contribution in [3.8, 4) is 0 Å². The lowest BCUT2D eigenvalue weighted by atomic mass is 10.0. The Morgan fingerprint density at radius 2 is 0.672 bits per heavy atom. The molecule has 6 heteroatoms. The van der Waals surface area contributed by atoms with Crippen LogP contribution in [-0.4, -0.2) is 37.2 Å². The van der Waals surface area contributed by atoms with E-state index in [9.17, 15) is 14.4 Å². The molecule has 0 N–H and O–H groups in total. The minimum atomic E-state index is -0.776. The first kappa shape index (κ1) is 55.9. The number of hydrogen-bond donors (Lipinski definition) is 0. The quantitative estimate of drug-likeness (QED) is 0.0263. The molecule has 0 aliphatic heterocycles. The second-order valence-electron chi connectivity index (χ2n) is 17.1. The second-order valence-corrected chi connectivity index (χ2v) is 17.1. The number of rotatable bonds is 46. The fourth-order valence-electron chi connectivity index (χ4n) is 7.42. The predicted octanol–water partition coefficient (Wildman–Crippen LogP) is 16.4. The molecule has 0 aliphatic carbocycles. The normalized spacial score (nSPS) is 12.1. The number of carbonyl (C=O) groups excluding carboxylic acids is 3. The lowest BCUT2D eigenvalue weighted by Gasteiger charge is -2.18. The minimum Gasteiger partial charge on any atom is -0.462 e. The van der Waals surface area contributed by atoms with Gasteiger partial charge in [-0.1, -0.05) is 231 Å². The zero-order valence-electron chi connectivity index (χ0n) is 38.8. The van der Waals surface area contributed by atoms with Crippen LogP contribution in [0.5, 0.6) is 0 Å². The van der Waals surface area contributed by atoms with Crippen LogP contribution < -0.4 is 0 Å². The Balaban J connectivity index is 4.29. The predicted molar refractivity (Wildman–Crippen MR) is 247 cm³/mol. The Morgan fingerprint density at radius 1 is 0.362 bits per heavy atom. The molecule has 0 aromatic carbocycles.